The Labute approximate surface area is 146 Å². The minimum absolute atomic E-state index is 0.0727. The van der Waals surface area contributed by atoms with Gasteiger partial charge in [0.1, 0.15) is 11.3 Å². The summed E-state index contributed by atoms with van der Waals surface area (Å²) in [4.78, 5) is 12.1. The largest absolute Gasteiger partial charge is 0.456 e. The number of hydrogen-bond donors (Lipinski definition) is 3. The van der Waals surface area contributed by atoms with Gasteiger partial charge in [-0.3, -0.25) is 4.79 Å². The third-order valence-corrected chi connectivity index (χ3v) is 4.11. The zero-order valence-corrected chi connectivity index (χ0v) is 14.0. The summed E-state index contributed by atoms with van der Waals surface area (Å²) in [6.45, 7) is 1.22. The molecule has 0 atom stereocenters. The number of hydrogen-bond acceptors (Lipinski definition) is 4. The lowest BCUT2D eigenvalue weighted by molar-refractivity contribution is 0.0952. The van der Waals surface area contributed by atoms with E-state index in [-0.39, 0.29) is 5.91 Å². The first-order valence-electron chi connectivity index (χ1n) is 8.52. The van der Waals surface area contributed by atoms with Crippen molar-refractivity contribution in [2.45, 2.75) is 19.3 Å². The molecule has 1 amide bonds. The third-order valence-electron chi connectivity index (χ3n) is 4.11. The van der Waals surface area contributed by atoms with Crippen molar-refractivity contribution in [2.24, 2.45) is 0 Å². The van der Waals surface area contributed by atoms with E-state index in [1.54, 1.807) is 0 Å². The van der Waals surface area contributed by atoms with Crippen molar-refractivity contribution in [3.8, 4) is 11.3 Å². The van der Waals surface area contributed by atoms with Gasteiger partial charge in [0, 0.05) is 29.6 Å². The van der Waals surface area contributed by atoms with E-state index in [4.69, 9.17) is 9.62 Å². The quantitative estimate of drug-likeness (QED) is 0.429. The van der Waals surface area contributed by atoms with Crippen molar-refractivity contribution in [3.63, 3.8) is 0 Å². The number of amides is 1. The van der Waals surface area contributed by atoms with E-state index in [1.165, 1.54) is 0 Å². The summed E-state index contributed by atoms with van der Waals surface area (Å²) in [5.41, 5.74) is 4.57. The van der Waals surface area contributed by atoms with Crippen LogP contribution in [0, 0.1) is 0 Å². The van der Waals surface area contributed by atoms with Crippen LogP contribution in [0.15, 0.2) is 59.0 Å². The first-order chi connectivity index (χ1) is 12.3. The monoisotopic (exact) mass is 338 g/mol. The number of fused-ring (bicyclic) bond motifs is 1. The molecule has 0 fully saturated rings. The first kappa shape index (κ1) is 17.2. The van der Waals surface area contributed by atoms with E-state index >= 15 is 0 Å². The smallest absolute Gasteiger partial charge is 0.251 e. The fraction of sp³-hybridized carbons (Fsp3) is 0.250. The highest BCUT2D eigenvalue weighted by Crippen LogP contribution is 2.27. The molecule has 0 aliphatic rings. The SMILES string of the molecule is O=C(NCCCCCNO)c1ccc(-c2cc3ccccc3o2)cc1. The minimum Gasteiger partial charge on any atom is -0.456 e. The molecule has 1 aromatic heterocycles. The van der Waals surface area contributed by atoms with Crippen LogP contribution < -0.4 is 10.8 Å². The van der Waals surface area contributed by atoms with Crippen molar-refractivity contribution in [1.82, 2.24) is 10.8 Å². The normalized spacial score (nSPS) is 10.9. The minimum atomic E-state index is -0.0727. The summed E-state index contributed by atoms with van der Waals surface area (Å²) in [5.74, 6) is 0.724. The number of unbranched alkanes of at least 4 members (excludes halogenated alkanes) is 2. The topological polar surface area (TPSA) is 74.5 Å². The van der Waals surface area contributed by atoms with E-state index in [0.29, 0.717) is 18.7 Å². The Hall–Kier alpha value is -2.63. The zero-order chi connectivity index (χ0) is 17.5. The van der Waals surface area contributed by atoms with Crippen molar-refractivity contribution in [3.05, 3.63) is 60.2 Å². The van der Waals surface area contributed by atoms with E-state index in [0.717, 1.165) is 41.6 Å². The highest BCUT2D eigenvalue weighted by atomic mass is 16.5. The molecule has 0 bridgehead atoms. The van der Waals surface area contributed by atoms with Crippen molar-refractivity contribution < 1.29 is 14.4 Å². The molecular weight excluding hydrogens is 316 g/mol. The highest BCUT2D eigenvalue weighted by Gasteiger charge is 2.08. The molecule has 0 unspecified atom stereocenters. The summed E-state index contributed by atoms with van der Waals surface area (Å²) < 4.78 is 5.84. The Morgan fingerprint density at radius 3 is 2.48 bits per heavy atom. The molecule has 0 spiro atoms. The summed E-state index contributed by atoms with van der Waals surface area (Å²) in [6.07, 6.45) is 2.74. The van der Waals surface area contributed by atoms with Crippen molar-refractivity contribution in [1.29, 1.82) is 0 Å². The Bertz CT molecular complexity index is 791. The number of nitrogens with one attached hydrogen (secondary N) is 2. The molecule has 3 N–H and O–H groups in total. The predicted octanol–water partition coefficient (Wildman–Crippen LogP) is 3.98. The summed E-state index contributed by atoms with van der Waals surface area (Å²) in [7, 11) is 0. The van der Waals surface area contributed by atoms with E-state index in [2.05, 4.69) is 10.8 Å². The van der Waals surface area contributed by atoms with E-state index < -0.39 is 0 Å². The number of carbonyl (C=O) groups excluding carboxylic acids is 1. The van der Waals surface area contributed by atoms with Crippen LogP contribution in [0.2, 0.25) is 0 Å². The molecule has 3 rings (SSSR count). The number of hydroxylamine groups is 1. The van der Waals surface area contributed by atoms with Gasteiger partial charge in [0.05, 0.1) is 0 Å². The van der Waals surface area contributed by atoms with Crippen LogP contribution >= 0.6 is 0 Å². The van der Waals surface area contributed by atoms with Gasteiger partial charge in [-0.15, -0.1) is 0 Å². The third kappa shape index (κ3) is 4.47. The molecule has 1 heterocycles. The fourth-order valence-electron chi connectivity index (χ4n) is 2.72. The van der Waals surface area contributed by atoms with Crippen LogP contribution in [0.3, 0.4) is 0 Å². The van der Waals surface area contributed by atoms with Gasteiger partial charge < -0.3 is 14.9 Å². The molecular formula is C20H22N2O3. The Morgan fingerprint density at radius 1 is 0.960 bits per heavy atom. The maximum absolute atomic E-state index is 12.1. The van der Waals surface area contributed by atoms with E-state index in [9.17, 15) is 4.79 Å². The molecule has 3 aromatic rings. The van der Waals surface area contributed by atoms with Gasteiger partial charge in [0.2, 0.25) is 0 Å². The molecule has 0 radical (unpaired) electrons. The first-order valence-corrected chi connectivity index (χ1v) is 8.52. The predicted molar refractivity (Wildman–Crippen MR) is 97.6 cm³/mol. The molecule has 130 valence electrons. The van der Waals surface area contributed by atoms with Gasteiger partial charge in [-0.25, -0.2) is 5.48 Å². The maximum Gasteiger partial charge on any atom is 0.251 e. The molecule has 5 heteroatoms. The summed E-state index contributed by atoms with van der Waals surface area (Å²) in [5, 5.41) is 12.5. The average molecular weight is 338 g/mol. The molecule has 0 saturated heterocycles. The standard InChI is InChI=1S/C20H22N2O3/c23-20(21-12-4-1-5-13-22-24)16-10-8-15(9-11-16)19-14-17-6-2-3-7-18(17)25-19/h2-3,6-11,14,22,24H,1,4-5,12-13H2,(H,21,23). The lowest BCUT2D eigenvalue weighted by Crippen LogP contribution is -2.24. The second-order valence-corrected chi connectivity index (χ2v) is 5.95. The van der Waals surface area contributed by atoms with Crippen LogP contribution in [0.5, 0.6) is 0 Å². The van der Waals surface area contributed by atoms with Gasteiger partial charge in [-0.05, 0) is 37.1 Å². The van der Waals surface area contributed by atoms with Gasteiger partial charge in [-0.2, -0.15) is 0 Å². The van der Waals surface area contributed by atoms with Crippen molar-refractivity contribution >= 4 is 16.9 Å². The van der Waals surface area contributed by atoms with Gasteiger partial charge >= 0.3 is 0 Å². The molecule has 0 aliphatic carbocycles. The summed E-state index contributed by atoms with van der Waals surface area (Å²) >= 11 is 0. The second kappa shape index (κ2) is 8.46. The van der Waals surface area contributed by atoms with Crippen LogP contribution in [0.4, 0.5) is 0 Å². The van der Waals surface area contributed by atoms with Gasteiger partial charge in [-0.1, -0.05) is 36.8 Å². The zero-order valence-electron chi connectivity index (χ0n) is 14.0. The Kier molecular flexibility index (Phi) is 5.82. The number of carbonyl (C=O) groups is 1. The highest BCUT2D eigenvalue weighted by molar-refractivity contribution is 5.94. The van der Waals surface area contributed by atoms with Crippen LogP contribution in [-0.4, -0.2) is 24.2 Å². The summed E-state index contributed by atoms with van der Waals surface area (Å²) in [6, 6.07) is 17.3. The lowest BCUT2D eigenvalue weighted by atomic mass is 10.1. The second-order valence-electron chi connectivity index (χ2n) is 5.95. The number of furan rings is 1. The molecule has 25 heavy (non-hydrogen) atoms. The molecule has 2 aromatic carbocycles. The fourth-order valence-corrected chi connectivity index (χ4v) is 2.72. The van der Waals surface area contributed by atoms with Crippen LogP contribution in [0.1, 0.15) is 29.6 Å². The molecule has 5 nitrogen and oxygen atoms in total. The average Bonchev–Trinajstić information content (AvgIpc) is 3.09. The number of para-hydroxylation sites is 1. The Balaban J connectivity index is 1.57. The van der Waals surface area contributed by atoms with Crippen LogP contribution in [-0.2, 0) is 0 Å². The maximum atomic E-state index is 12.1. The molecule has 0 saturated carbocycles. The lowest BCUT2D eigenvalue weighted by Gasteiger charge is -2.06. The van der Waals surface area contributed by atoms with Gasteiger partial charge in [0.25, 0.3) is 5.91 Å². The molecule has 0 aliphatic heterocycles. The van der Waals surface area contributed by atoms with E-state index in [1.807, 2.05) is 54.6 Å². The van der Waals surface area contributed by atoms with Crippen molar-refractivity contribution in [2.75, 3.05) is 13.1 Å². The Morgan fingerprint density at radius 2 is 1.72 bits per heavy atom. The van der Waals surface area contributed by atoms with Gasteiger partial charge in [0.15, 0.2) is 0 Å². The number of rotatable bonds is 8. The number of benzene rings is 2. The van der Waals surface area contributed by atoms with Crippen LogP contribution in [0.25, 0.3) is 22.3 Å².